The van der Waals surface area contributed by atoms with Crippen molar-refractivity contribution in [3.63, 3.8) is 0 Å². The molecule has 0 aromatic rings. The normalized spacial score (nSPS) is 12.7. The van der Waals surface area contributed by atoms with E-state index in [2.05, 4.69) is 0 Å². The van der Waals surface area contributed by atoms with Gasteiger partial charge in [0.25, 0.3) is 0 Å². The van der Waals surface area contributed by atoms with Crippen LogP contribution in [0, 0.1) is 0 Å². The van der Waals surface area contributed by atoms with Gasteiger partial charge in [-0.3, -0.25) is 4.79 Å². The van der Waals surface area contributed by atoms with Gasteiger partial charge in [0.2, 0.25) is 0 Å². The lowest BCUT2D eigenvalue weighted by Crippen LogP contribution is -2.32. The fourth-order valence-corrected chi connectivity index (χ4v) is 2.44. The van der Waals surface area contributed by atoms with Crippen molar-refractivity contribution in [2.45, 2.75) is 53.8 Å². The number of ketones is 1. The van der Waals surface area contributed by atoms with E-state index in [0.29, 0.717) is 5.76 Å². The molecule has 4 nitrogen and oxygen atoms in total. The molecule has 0 aromatic carbocycles. The molecule has 0 spiro atoms. The summed E-state index contributed by atoms with van der Waals surface area (Å²) in [6, 6.07) is 0. The Morgan fingerprint density at radius 2 is 1.50 bits per heavy atom. The molecule has 0 aliphatic rings. The molecule has 0 bridgehead atoms. The molecule has 1 radical (unpaired) electrons. The Morgan fingerprint density at radius 1 is 1.06 bits per heavy atom. The summed E-state index contributed by atoms with van der Waals surface area (Å²) in [6.45, 7) is 10.9. The highest BCUT2D eigenvalue weighted by atomic mass is 27.3. The Balaban J connectivity index is 4.35. The molecule has 0 saturated heterocycles. The second-order valence-electron chi connectivity index (χ2n) is 4.14. The maximum absolute atomic E-state index is 10.9. The lowest BCUT2D eigenvalue weighted by molar-refractivity contribution is -0.112. The van der Waals surface area contributed by atoms with Crippen molar-refractivity contribution in [2.24, 2.45) is 0 Å². The monoisotopic (exact) mass is 244 g/mol. The molecule has 0 saturated carbocycles. The number of allylic oxidation sites excluding steroid dienone is 2. The van der Waals surface area contributed by atoms with E-state index >= 15 is 0 Å². The standard InChI is InChI=1S/C5H8O2.2C3H7O.Al/c1-4(6)3-5(2)7;2*1-3(2)4;/h3,6H,1-2H3;2*3H,1-2H3;/q;2*-1;+2/p-1. The van der Waals surface area contributed by atoms with Gasteiger partial charge < -0.3 is 11.4 Å². The van der Waals surface area contributed by atoms with Crippen LogP contribution in [-0.2, 0) is 16.2 Å². The first-order chi connectivity index (χ1) is 7.31. The van der Waals surface area contributed by atoms with Gasteiger partial charge in [-0.1, -0.05) is 0 Å². The van der Waals surface area contributed by atoms with Gasteiger partial charge in [0.1, 0.15) is 0 Å². The minimum Gasteiger partial charge on any atom is -0.777 e. The van der Waals surface area contributed by atoms with Crippen molar-refractivity contribution < 1.29 is 16.2 Å². The second-order valence-corrected chi connectivity index (χ2v) is 5.50. The van der Waals surface area contributed by atoms with Gasteiger partial charge in [-0.2, -0.15) is 0 Å². The average Bonchev–Trinajstić information content (AvgIpc) is 1.97. The second kappa shape index (κ2) is 7.86. The van der Waals surface area contributed by atoms with Gasteiger partial charge in [0, 0.05) is 11.8 Å². The molecular weight excluding hydrogens is 223 g/mol. The van der Waals surface area contributed by atoms with Crippen LogP contribution in [0.15, 0.2) is 11.8 Å². The summed E-state index contributed by atoms with van der Waals surface area (Å²) in [5.41, 5.74) is 0. The maximum Gasteiger partial charge on any atom is 0.653 e. The van der Waals surface area contributed by atoms with Gasteiger partial charge in [0.05, 0.1) is 0 Å². The van der Waals surface area contributed by atoms with Crippen LogP contribution in [0.3, 0.4) is 0 Å². The van der Waals surface area contributed by atoms with E-state index in [-0.39, 0.29) is 18.0 Å². The molecule has 0 amide bonds. The van der Waals surface area contributed by atoms with Crippen molar-refractivity contribution in [1.82, 2.24) is 0 Å². The topological polar surface area (TPSA) is 44.8 Å². The van der Waals surface area contributed by atoms with E-state index in [1.807, 2.05) is 27.7 Å². The molecule has 0 N–H and O–H groups in total. The van der Waals surface area contributed by atoms with Crippen molar-refractivity contribution in [1.29, 1.82) is 0 Å². The third kappa shape index (κ3) is 8.93. The summed E-state index contributed by atoms with van der Waals surface area (Å²) in [5, 5.41) is 0. The highest BCUT2D eigenvalue weighted by Crippen LogP contribution is 2.07. The van der Waals surface area contributed by atoms with Gasteiger partial charge in [0.15, 0.2) is 5.78 Å². The molecule has 0 fully saturated rings. The molecule has 0 aromatic heterocycles. The van der Waals surface area contributed by atoms with Crippen LogP contribution in [-0.4, -0.2) is 33.1 Å². The lowest BCUT2D eigenvalue weighted by Gasteiger charge is -2.33. The minimum atomic E-state index is -2.19. The molecule has 5 heteroatoms. The zero-order valence-corrected chi connectivity index (χ0v) is 12.1. The molecule has 93 valence electrons. The highest BCUT2D eigenvalue weighted by Gasteiger charge is 2.15. The van der Waals surface area contributed by atoms with E-state index in [1.54, 1.807) is 6.92 Å². The zero-order valence-electron chi connectivity index (χ0n) is 10.9. The first kappa shape index (κ1) is 15.7. The molecule has 16 heavy (non-hydrogen) atoms. The smallest absolute Gasteiger partial charge is 0.653 e. The van der Waals surface area contributed by atoms with Crippen LogP contribution >= 0.6 is 0 Å². The molecule has 0 atom stereocenters. The quantitative estimate of drug-likeness (QED) is 0.391. The van der Waals surface area contributed by atoms with Crippen LogP contribution < -0.4 is 0 Å². The largest absolute Gasteiger partial charge is 0.777 e. The van der Waals surface area contributed by atoms with Gasteiger partial charge in [-0.05, 0) is 53.8 Å². The van der Waals surface area contributed by atoms with Crippen LogP contribution in [0.5, 0.6) is 0 Å². The van der Waals surface area contributed by atoms with E-state index in [1.165, 1.54) is 13.0 Å². The fourth-order valence-electron chi connectivity index (χ4n) is 1.00. The van der Waals surface area contributed by atoms with Gasteiger partial charge in [-0.25, -0.2) is 0 Å². The summed E-state index contributed by atoms with van der Waals surface area (Å²) in [7, 11) is 0. The zero-order chi connectivity index (χ0) is 12.7. The van der Waals surface area contributed by atoms with Crippen molar-refractivity contribution in [3.05, 3.63) is 11.8 Å². The molecule has 0 unspecified atom stereocenters. The Kier molecular flexibility index (Phi) is 7.69. The summed E-state index contributed by atoms with van der Waals surface area (Å²) in [5.74, 6) is 0.504. The van der Waals surface area contributed by atoms with E-state index in [4.69, 9.17) is 11.4 Å². The Bertz CT molecular complexity index is 238. The summed E-state index contributed by atoms with van der Waals surface area (Å²) >= 11 is -2.19. The maximum atomic E-state index is 10.9. The number of carbonyl (C=O) groups is 1. The Labute approximate surface area is 103 Å². The van der Waals surface area contributed by atoms with Gasteiger partial charge >= 0.3 is 15.1 Å². The third-order valence-corrected chi connectivity index (χ3v) is 3.55. The van der Waals surface area contributed by atoms with E-state index in [0.717, 1.165) is 0 Å². The number of hydrogen-bond donors (Lipinski definition) is 0. The minimum absolute atomic E-state index is 0.0423. The highest BCUT2D eigenvalue weighted by molar-refractivity contribution is 6.37. The Hall–Kier alpha value is -0.338. The summed E-state index contributed by atoms with van der Waals surface area (Å²) in [4.78, 5) is 10.9. The van der Waals surface area contributed by atoms with Crippen LogP contribution in [0.25, 0.3) is 0 Å². The number of rotatable bonds is 7. The molecular formula is C11H21AlO4-. The van der Waals surface area contributed by atoms with Crippen LogP contribution in [0.1, 0.15) is 41.5 Å². The molecule has 0 aliphatic carbocycles. The average molecular weight is 244 g/mol. The molecule has 0 heterocycles. The van der Waals surface area contributed by atoms with Gasteiger partial charge in [-0.15, -0.1) is 0 Å². The lowest BCUT2D eigenvalue weighted by atomic mass is 10.4. The Morgan fingerprint density at radius 3 is 1.81 bits per heavy atom. The molecule has 0 rings (SSSR count). The summed E-state index contributed by atoms with van der Waals surface area (Å²) < 4.78 is 16.6. The fraction of sp³-hybridized carbons (Fsp3) is 0.727. The number of carbonyl (C=O) groups excluding carboxylic acids is 1. The number of hydrogen-bond acceptors (Lipinski definition) is 4. The first-order valence-electron chi connectivity index (χ1n) is 5.47. The van der Waals surface area contributed by atoms with Crippen molar-refractivity contribution in [2.75, 3.05) is 0 Å². The molecule has 0 aliphatic heterocycles. The van der Waals surface area contributed by atoms with Crippen molar-refractivity contribution >= 4 is 20.9 Å². The van der Waals surface area contributed by atoms with E-state index < -0.39 is 15.1 Å². The predicted molar refractivity (Wildman–Crippen MR) is 63.7 cm³/mol. The van der Waals surface area contributed by atoms with Crippen LogP contribution in [0.2, 0.25) is 0 Å². The van der Waals surface area contributed by atoms with Crippen LogP contribution in [0.4, 0.5) is 0 Å². The summed E-state index contributed by atoms with van der Waals surface area (Å²) in [6.07, 6.45) is 1.55. The first-order valence-corrected chi connectivity index (χ1v) is 6.89. The SMILES string of the molecule is CC(=O)C=C(C)[O][Al-]([O]C(C)C)[O]C(C)C. The van der Waals surface area contributed by atoms with Crippen molar-refractivity contribution in [3.8, 4) is 0 Å². The predicted octanol–water partition coefficient (Wildman–Crippen LogP) is 2.33. The third-order valence-electron chi connectivity index (χ3n) is 1.46. The van der Waals surface area contributed by atoms with E-state index in [9.17, 15) is 4.79 Å².